The highest BCUT2D eigenvalue weighted by atomic mass is 35.5. The van der Waals surface area contributed by atoms with Crippen molar-refractivity contribution in [3.8, 4) is 5.75 Å². The van der Waals surface area contributed by atoms with Crippen LogP contribution in [0.2, 0.25) is 5.02 Å². The fourth-order valence-corrected chi connectivity index (χ4v) is 3.18. The van der Waals surface area contributed by atoms with Gasteiger partial charge in [0.1, 0.15) is 11.6 Å². The van der Waals surface area contributed by atoms with Crippen LogP contribution in [-0.4, -0.2) is 49.4 Å². The third kappa shape index (κ3) is 4.77. The molecule has 0 unspecified atom stereocenters. The lowest BCUT2D eigenvalue weighted by atomic mass is 10.1. The quantitative estimate of drug-likeness (QED) is 0.734. The van der Waals surface area contributed by atoms with E-state index in [9.17, 15) is 14.0 Å². The van der Waals surface area contributed by atoms with E-state index in [2.05, 4.69) is 4.90 Å². The van der Waals surface area contributed by atoms with Crippen LogP contribution in [0.1, 0.15) is 17.3 Å². The van der Waals surface area contributed by atoms with E-state index in [1.54, 1.807) is 4.90 Å². The highest BCUT2D eigenvalue weighted by Gasteiger charge is 2.22. The lowest BCUT2D eigenvalue weighted by Crippen LogP contribution is -2.50. The summed E-state index contributed by atoms with van der Waals surface area (Å²) in [6.07, 6.45) is 0. The molecule has 27 heavy (non-hydrogen) atoms. The van der Waals surface area contributed by atoms with Crippen LogP contribution in [0.3, 0.4) is 0 Å². The fourth-order valence-electron chi connectivity index (χ4n) is 2.99. The predicted molar refractivity (Wildman–Crippen MR) is 102 cm³/mol. The first-order valence-electron chi connectivity index (χ1n) is 8.65. The van der Waals surface area contributed by atoms with Gasteiger partial charge in [-0.15, -0.1) is 0 Å². The van der Waals surface area contributed by atoms with E-state index in [1.807, 2.05) is 24.3 Å². The van der Waals surface area contributed by atoms with Crippen LogP contribution in [0.25, 0.3) is 0 Å². The molecule has 1 aliphatic heterocycles. The Morgan fingerprint density at radius 1 is 1.11 bits per heavy atom. The second-order valence-corrected chi connectivity index (χ2v) is 6.77. The summed E-state index contributed by atoms with van der Waals surface area (Å²) in [5.41, 5.74) is 1.04. The van der Waals surface area contributed by atoms with E-state index < -0.39 is 5.82 Å². The van der Waals surface area contributed by atoms with Gasteiger partial charge in [0.15, 0.2) is 12.4 Å². The van der Waals surface area contributed by atoms with Gasteiger partial charge in [-0.3, -0.25) is 9.59 Å². The molecule has 0 aromatic heterocycles. The van der Waals surface area contributed by atoms with Gasteiger partial charge >= 0.3 is 0 Å². The summed E-state index contributed by atoms with van der Waals surface area (Å²) in [7, 11) is 0. The summed E-state index contributed by atoms with van der Waals surface area (Å²) in [5, 5.41) is 0.683. The minimum atomic E-state index is -0.650. The molecule has 0 saturated carbocycles. The van der Waals surface area contributed by atoms with E-state index in [1.165, 1.54) is 19.1 Å². The number of anilines is 1. The van der Waals surface area contributed by atoms with Crippen LogP contribution < -0.4 is 9.64 Å². The fraction of sp³-hybridized carbons (Fsp3) is 0.300. The number of carbonyl (C=O) groups excluding carboxylic acids is 2. The number of benzene rings is 2. The summed E-state index contributed by atoms with van der Waals surface area (Å²) in [6, 6.07) is 11.6. The maximum absolute atomic E-state index is 13.8. The van der Waals surface area contributed by atoms with Gasteiger partial charge in [0.05, 0.1) is 5.56 Å². The largest absolute Gasteiger partial charge is 0.484 e. The molecule has 0 N–H and O–H groups in total. The minimum Gasteiger partial charge on any atom is -0.484 e. The van der Waals surface area contributed by atoms with Crippen LogP contribution in [0.15, 0.2) is 42.5 Å². The molecule has 1 fully saturated rings. The zero-order chi connectivity index (χ0) is 19.4. The Morgan fingerprint density at radius 3 is 2.48 bits per heavy atom. The van der Waals surface area contributed by atoms with Crippen LogP contribution in [-0.2, 0) is 4.79 Å². The van der Waals surface area contributed by atoms with Gasteiger partial charge in [-0.1, -0.05) is 17.7 Å². The number of piperazine rings is 1. The van der Waals surface area contributed by atoms with E-state index >= 15 is 0 Å². The van der Waals surface area contributed by atoms with Gasteiger partial charge in [-0.25, -0.2) is 4.39 Å². The molecule has 0 bridgehead atoms. The summed E-state index contributed by atoms with van der Waals surface area (Å²) in [4.78, 5) is 27.5. The molecule has 142 valence electrons. The molecule has 0 aliphatic carbocycles. The average Bonchev–Trinajstić information content (AvgIpc) is 2.66. The van der Waals surface area contributed by atoms with Gasteiger partial charge < -0.3 is 14.5 Å². The number of amides is 1. The van der Waals surface area contributed by atoms with Crippen LogP contribution in [0.4, 0.5) is 10.1 Å². The van der Waals surface area contributed by atoms with E-state index in [-0.39, 0.29) is 29.6 Å². The van der Waals surface area contributed by atoms with Crippen LogP contribution >= 0.6 is 11.6 Å². The van der Waals surface area contributed by atoms with Crippen molar-refractivity contribution in [1.82, 2.24) is 4.90 Å². The number of ketones is 1. The molecule has 2 aromatic carbocycles. The highest BCUT2D eigenvalue weighted by molar-refractivity contribution is 6.30. The number of nitrogens with zero attached hydrogens (tertiary/aromatic N) is 2. The first-order chi connectivity index (χ1) is 12.9. The number of rotatable bonds is 5. The molecule has 2 aromatic rings. The molecular weight excluding hydrogens is 371 g/mol. The lowest BCUT2D eigenvalue weighted by Gasteiger charge is -2.36. The van der Waals surface area contributed by atoms with Crippen molar-refractivity contribution in [2.75, 3.05) is 37.7 Å². The van der Waals surface area contributed by atoms with Crippen LogP contribution in [0.5, 0.6) is 5.75 Å². The summed E-state index contributed by atoms with van der Waals surface area (Å²) < 4.78 is 19.2. The molecule has 1 amide bonds. The van der Waals surface area contributed by atoms with Crippen molar-refractivity contribution in [1.29, 1.82) is 0 Å². The monoisotopic (exact) mass is 390 g/mol. The van der Waals surface area contributed by atoms with Crippen molar-refractivity contribution < 1.29 is 18.7 Å². The van der Waals surface area contributed by atoms with Gasteiger partial charge in [0.25, 0.3) is 5.91 Å². The van der Waals surface area contributed by atoms with Gasteiger partial charge in [-0.05, 0) is 37.3 Å². The Labute approximate surface area is 162 Å². The molecule has 0 spiro atoms. The van der Waals surface area contributed by atoms with Crippen molar-refractivity contribution in [2.45, 2.75) is 6.92 Å². The molecule has 1 saturated heterocycles. The molecular formula is C20H20ClFN2O3. The van der Waals surface area contributed by atoms with Crippen molar-refractivity contribution in [2.24, 2.45) is 0 Å². The number of ether oxygens (including phenoxy) is 1. The number of halogens is 2. The van der Waals surface area contributed by atoms with E-state index in [0.717, 1.165) is 11.8 Å². The second kappa shape index (κ2) is 8.39. The zero-order valence-electron chi connectivity index (χ0n) is 15.0. The van der Waals surface area contributed by atoms with Gasteiger partial charge in [-0.2, -0.15) is 0 Å². The zero-order valence-corrected chi connectivity index (χ0v) is 15.7. The second-order valence-electron chi connectivity index (χ2n) is 6.33. The molecule has 3 rings (SSSR count). The maximum atomic E-state index is 13.8. The number of carbonyl (C=O) groups is 2. The van der Waals surface area contributed by atoms with Crippen molar-refractivity contribution in [3.05, 3.63) is 58.9 Å². The minimum absolute atomic E-state index is 0.00538. The standard InChI is InChI=1S/C20H20ClFN2O3/c1-14(25)18-6-5-17(12-19(18)22)27-13-20(26)24-9-7-23(8-10-24)16-4-2-3-15(21)11-16/h2-6,11-12H,7-10,13H2,1H3. The normalized spacial score (nSPS) is 14.2. The van der Waals surface area contributed by atoms with E-state index in [4.69, 9.17) is 16.3 Å². The molecule has 0 atom stereocenters. The predicted octanol–water partition coefficient (Wildman–Crippen LogP) is 3.41. The summed E-state index contributed by atoms with van der Waals surface area (Å²) >= 11 is 6.03. The van der Waals surface area contributed by atoms with Crippen molar-refractivity contribution in [3.63, 3.8) is 0 Å². The van der Waals surface area contributed by atoms with Crippen LogP contribution in [0, 0.1) is 5.82 Å². The van der Waals surface area contributed by atoms with Crippen molar-refractivity contribution >= 4 is 29.0 Å². The Hall–Kier alpha value is -2.60. The topological polar surface area (TPSA) is 49.9 Å². The molecule has 1 aliphatic rings. The first-order valence-corrected chi connectivity index (χ1v) is 9.03. The Kier molecular flexibility index (Phi) is 5.96. The van der Waals surface area contributed by atoms with Gasteiger partial charge in [0.2, 0.25) is 0 Å². The Morgan fingerprint density at radius 2 is 1.85 bits per heavy atom. The number of hydrogen-bond acceptors (Lipinski definition) is 4. The number of hydrogen-bond donors (Lipinski definition) is 0. The SMILES string of the molecule is CC(=O)c1ccc(OCC(=O)N2CCN(c3cccc(Cl)c3)CC2)cc1F. The average molecular weight is 391 g/mol. The first kappa shape index (κ1) is 19.2. The summed E-state index contributed by atoms with van der Waals surface area (Å²) in [5.74, 6) is -0.935. The smallest absolute Gasteiger partial charge is 0.260 e. The third-order valence-corrected chi connectivity index (χ3v) is 4.72. The lowest BCUT2D eigenvalue weighted by molar-refractivity contribution is -0.133. The highest BCUT2D eigenvalue weighted by Crippen LogP contribution is 2.21. The summed E-state index contributed by atoms with van der Waals surface area (Å²) in [6.45, 7) is 3.68. The molecule has 5 nitrogen and oxygen atoms in total. The Bertz CT molecular complexity index is 851. The number of Topliss-reactive ketones (excluding diaryl/α,β-unsaturated/α-hetero) is 1. The third-order valence-electron chi connectivity index (χ3n) is 4.49. The Balaban J connectivity index is 1.51. The van der Waals surface area contributed by atoms with E-state index in [0.29, 0.717) is 31.2 Å². The maximum Gasteiger partial charge on any atom is 0.260 e. The van der Waals surface area contributed by atoms with Gasteiger partial charge in [0, 0.05) is 43.0 Å². The molecule has 0 radical (unpaired) electrons. The molecule has 7 heteroatoms. The molecule has 1 heterocycles.